The van der Waals surface area contributed by atoms with Crippen molar-refractivity contribution in [2.75, 3.05) is 18.8 Å². The fourth-order valence-corrected chi connectivity index (χ4v) is 6.28. The molecule has 0 saturated heterocycles. The number of rotatable bonds is 4. The van der Waals surface area contributed by atoms with Gasteiger partial charge < -0.3 is 4.42 Å². The number of hydrogen-bond acceptors (Lipinski definition) is 2. The van der Waals surface area contributed by atoms with Crippen LogP contribution < -0.4 is 0 Å². The second-order valence-electron chi connectivity index (χ2n) is 12.3. The van der Waals surface area contributed by atoms with Crippen LogP contribution in [0, 0.1) is 11.6 Å². The summed E-state index contributed by atoms with van der Waals surface area (Å²) in [5.74, 6) is -0.668. The van der Waals surface area contributed by atoms with E-state index in [-0.39, 0.29) is 17.0 Å². The van der Waals surface area contributed by atoms with Crippen LogP contribution in [-0.4, -0.2) is 23.8 Å². The van der Waals surface area contributed by atoms with Gasteiger partial charge in [-0.15, -0.1) is 0 Å². The summed E-state index contributed by atoms with van der Waals surface area (Å²) < 4.78 is 36.9. The number of pyridine rings is 1. The lowest BCUT2D eigenvalue weighted by Crippen LogP contribution is -2.14. The Balaban J connectivity index is 1.44. The predicted octanol–water partition coefficient (Wildman–Crippen LogP) is 10.6. The van der Waals surface area contributed by atoms with Crippen molar-refractivity contribution in [3.05, 3.63) is 108 Å². The number of hydrogen-bond donors (Lipinski definition) is 0. The van der Waals surface area contributed by atoms with E-state index >= 15 is 8.78 Å². The summed E-state index contributed by atoms with van der Waals surface area (Å²) in [5.41, 5.74) is 5.68. The van der Waals surface area contributed by atoms with Crippen LogP contribution >= 0.6 is 10.0 Å². The Labute approximate surface area is 241 Å². The van der Waals surface area contributed by atoms with Gasteiger partial charge in [-0.2, -0.15) is 0 Å². The first-order chi connectivity index (χ1) is 19.4. The lowest BCUT2D eigenvalue weighted by Gasteiger charge is -2.25. The van der Waals surface area contributed by atoms with Crippen LogP contribution in [0.2, 0.25) is 0 Å². The van der Waals surface area contributed by atoms with E-state index in [9.17, 15) is 0 Å². The van der Waals surface area contributed by atoms with Crippen LogP contribution in [0.1, 0.15) is 26.3 Å². The Morgan fingerprint density at radius 2 is 1.29 bits per heavy atom. The summed E-state index contributed by atoms with van der Waals surface area (Å²) in [6.45, 7) is 5.87. The van der Waals surface area contributed by atoms with Gasteiger partial charge in [0.15, 0.2) is 0 Å². The van der Waals surface area contributed by atoms with E-state index in [0.717, 1.165) is 27.5 Å². The average Bonchev–Trinajstić information content (AvgIpc) is 3.30. The van der Waals surface area contributed by atoms with E-state index in [4.69, 9.17) is 4.42 Å². The molecular weight excluding hydrogens is 532 g/mol. The molecule has 0 bridgehead atoms. The summed E-state index contributed by atoms with van der Waals surface area (Å²) in [5, 5.41) is 1.63. The van der Waals surface area contributed by atoms with Gasteiger partial charge in [0.25, 0.3) is 0 Å². The van der Waals surface area contributed by atoms with E-state index < -0.39 is 10.0 Å². The number of furan rings is 1. The quantitative estimate of drug-likeness (QED) is 0.212. The molecule has 0 spiro atoms. The highest BCUT2D eigenvalue weighted by atomic mass is 32.3. The van der Waals surface area contributed by atoms with Crippen molar-refractivity contribution in [2.24, 2.45) is 0 Å². The van der Waals surface area contributed by atoms with Gasteiger partial charge in [0.05, 0.1) is 11.3 Å². The van der Waals surface area contributed by atoms with Gasteiger partial charge in [0.1, 0.15) is 22.8 Å². The number of aromatic nitrogens is 1. The third-order valence-electron chi connectivity index (χ3n) is 7.62. The van der Waals surface area contributed by atoms with E-state index in [0.29, 0.717) is 33.6 Å². The highest BCUT2D eigenvalue weighted by Crippen LogP contribution is 2.45. The monoisotopic (exact) mass is 565 g/mol. The van der Waals surface area contributed by atoms with Gasteiger partial charge in [0, 0.05) is 34.2 Å². The first-order valence-corrected chi connectivity index (χ1v) is 16.5. The molecule has 208 valence electrons. The third kappa shape index (κ3) is 4.93. The molecule has 2 heterocycles. The van der Waals surface area contributed by atoms with E-state index in [2.05, 4.69) is 48.0 Å². The number of halogens is 2. The third-order valence-corrected chi connectivity index (χ3v) is 9.31. The molecule has 41 heavy (non-hydrogen) atoms. The molecule has 0 unspecified atom stereocenters. The molecule has 5 heteroatoms. The molecule has 0 saturated carbocycles. The fraction of sp³-hybridized carbons (Fsp3) is 0.194. The highest BCUT2D eigenvalue weighted by Gasteiger charge is 2.22. The maximum absolute atomic E-state index is 15.4. The number of fused-ring (bicyclic) bond motifs is 3. The van der Waals surface area contributed by atoms with Crippen molar-refractivity contribution in [3.63, 3.8) is 0 Å². The molecule has 0 aliphatic heterocycles. The maximum Gasteiger partial charge on any atom is 0.146 e. The van der Waals surface area contributed by atoms with Crippen LogP contribution in [-0.2, 0) is 5.41 Å². The number of nitrogens with zero attached hydrogens (tertiary/aromatic N) is 1. The van der Waals surface area contributed by atoms with Crippen LogP contribution in [0.3, 0.4) is 0 Å². The minimum absolute atomic E-state index is 0.309. The van der Waals surface area contributed by atoms with Gasteiger partial charge in [-0.05, 0) is 76.1 Å². The second kappa shape index (κ2) is 9.85. The smallest absolute Gasteiger partial charge is 0.146 e. The van der Waals surface area contributed by atoms with Crippen LogP contribution in [0.15, 0.2) is 100 Å². The van der Waals surface area contributed by atoms with Crippen molar-refractivity contribution in [3.8, 4) is 33.5 Å². The Bertz CT molecular complexity index is 1910. The molecule has 2 nitrogen and oxygen atoms in total. The maximum atomic E-state index is 15.4. The first-order valence-electron chi connectivity index (χ1n) is 13.6. The Kier molecular flexibility index (Phi) is 6.54. The van der Waals surface area contributed by atoms with Crippen molar-refractivity contribution in [1.29, 1.82) is 0 Å². The molecule has 0 aliphatic carbocycles. The van der Waals surface area contributed by atoms with Crippen molar-refractivity contribution in [2.45, 2.75) is 31.1 Å². The Morgan fingerprint density at radius 1 is 0.683 bits per heavy atom. The summed E-state index contributed by atoms with van der Waals surface area (Å²) >= 11 is 0. The molecule has 6 rings (SSSR count). The first kappa shape index (κ1) is 27.2. The highest BCUT2D eigenvalue weighted by molar-refractivity contribution is 8.32. The van der Waals surface area contributed by atoms with Crippen molar-refractivity contribution in [1.82, 2.24) is 4.98 Å². The molecular formula is C36H33F2NOS. The lowest BCUT2D eigenvalue weighted by atomic mass is 9.87. The molecule has 0 atom stereocenters. The van der Waals surface area contributed by atoms with Gasteiger partial charge in [0.2, 0.25) is 0 Å². The number of benzene rings is 4. The minimum atomic E-state index is -0.787. The Morgan fingerprint density at radius 3 is 1.90 bits per heavy atom. The van der Waals surface area contributed by atoms with Gasteiger partial charge in [-0.3, -0.25) is 4.98 Å². The summed E-state index contributed by atoms with van der Waals surface area (Å²) in [6.07, 6.45) is 8.44. The molecule has 0 fully saturated rings. The average molecular weight is 566 g/mol. The standard InChI is InChI=1S/C36H33F2NOS/c1-36(2,3)29-21-39-32(20-31(29)38)28-9-7-8-26-27-18-19-30(37)33(35(27)40-34(26)28)24-12-10-22(11-13-24)23-14-16-25(17-15-23)41(4,5)6/h7-21H,1-6H3. The molecule has 2 aromatic heterocycles. The molecule has 0 N–H and O–H groups in total. The topological polar surface area (TPSA) is 26.0 Å². The summed E-state index contributed by atoms with van der Waals surface area (Å²) in [6, 6.07) is 27.0. The second-order valence-corrected chi connectivity index (χ2v) is 16.5. The van der Waals surface area contributed by atoms with Crippen molar-refractivity contribution < 1.29 is 13.2 Å². The van der Waals surface area contributed by atoms with E-state index in [1.165, 1.54) is 17.0 Å². The lowest BCUT2D eigenvalue weighted by molar-refractivity contribution is 0.520. The molecule has 0 amide bonds. The normalized spacial score (nSPS) is 12.8. The summed E-state index contributed by atoms with van der Waals surface area (Å²) in [7, 11) is -0.787. The zero-order valence-electron chi connectivity index (χ0n) is 24.2. The van der Waals surface area contributed by atoms with Crippen LogP contribution in [0.5, 0.6) is 0 Å². The van der Waals surface area contributed by atoms with Crippen molar-refractivity contribution >= 4 is 32.0 Å². The van der Waals surface area contributed by atoms with Gasteiger partial charge in [-0.25, -0.2) is 18.8 Å². The van der Waals surface area contributed by atoms with E-state index in [1.54, 1.807) is 12.3 Å². The Hall–Kier alpha value is -3.96. The minimum Gasteiger partial charge on any atom is -0.455 e. The zero-order chi connectivity index (χ0) is 29.1. The van der Waals surface area contributed by atoms with E-state index in [1.807, 2.05) is 63.2 Å². The molecule has 0 radical (unpaired) electrons. The summed E-state index contributed by atoms with van der Waals surface area (Å²) in [4.78, 5) is 5.94. The molecule has 0 aliphatic rings. The van der Waals surface area contributed by atoms with Gasteiger partial charge in [-0.1, -0.05) is 69.3 Å². The zero-order valence-corrected chi connectivity index (χ0v) is 25.0. The SMILES string of the molecule is CC(C)(C)c1cnc(-c2cccc3c2oc2c(-c4ccc(-c5ccc(S(C)(C)C)cc5)cc4)c(F)ccc23)cc1F. The van der Waals surface area contributed by atoms with Gasteiger partial charge >= 0.3 is 0 Å². The van der Waals surface area contributed by atoms with Crippen LogP contribution in [0.4, 0.5) is 8.78 Å². The number of para-hydroxylation sites is 1. The largest absolute Gasteiger partial charge is 0.455 e. The van der Waals surface area contributed by atoms with Crippen LogP contribution in [0.25, 0.3) is 55.4 Å². The molecule has 6 aromatic rings. The fourth-order valence-electron chi connectivity index (χ4n) is 5.32. The molecule has 4 aromatic carbocycles. The predicted molar refractivity (Wildman–Crippen MR) is 170 cm³/mol.